The van der Waals surface area contributed by atoms with E-state index in [1.807, 2.05) is 0 Å². The topological polar surface area (TPSA) is 20.2 Å². The van der Waals surface area contributed by atoms with Crippen molar-refractivity contribution in [3.8, 4) is 0 Å². The Morgan fingerprint density at radius 3 is 2.09 bits per heavy atom. The molecule has 1 saturated carbocycles. The van der Waals surface area contributed by atoms with Crippen molar-refractivity contribution < 1.29 is 5.11 Å². The van der Waals surface area contributed by atoms with Crippen LogP contribution in [-0.2, 0) is 0 Å². The Labute approximate surface area is 69.8 Å². The zero-order valence-electron chi connectivity index (χ0n) is 7.55. The normalized spacial score (nSPS) is 34.4. The van der Waals surface area contributed by atoms with Crippen molar-refractivity contribution >= 4 is 0 Å². The van der Waals surface area contributed by atoms with Gasteiger partial charge in [-0.15, -0.1) is 0 Å². The lowest BCUT2D eigenvalue weighted by Crippen LogP contribution is -2.12. The summed E-state index contributed by atoms with van der Waals surface area (Å²) in [6.45, 7) is 2.28. The third-order valence-electron chi connectivity index (χ3n) is 2.88. The number of aliphatic hydroxyl groups excluding tert-OH is 1. The van der Waals surface area contributed by atoms with Gasteiger partial charge >= 0.3 is 0 Å². The van der Waals surface area contributed by atoms with Gasteiger partial charge < -0.3 is 5.11 Å². The van der Waals surface area contributed by atoms with Crippen LogP contribution in [0.25, 0.3) is 0 Å². The van der Waals surface area contributed by atoms with Crippen molar-refractivity contribution in [1.82, 2.24) is 0 Å². The predicted molar refractivity (Wildman–Crippen MR) is 47.5 cm³/mol. The van der Waals surface area contributed by atoms with Crippen LogP contribution in [0.1, 0.15) is 51.9 Å². The molecule has 11 heavy (non-hydrogen) atoms. The maximum Gasteiger partial charge on any atom is 0.0540 e. The highest BCUT2D eigenvalue weighted by atomic mass is 16.3. The molecule has 0 radical (unpaired) electrons. The first-order valence-corrected chi connectivity index (χ1v) is 5.01. The van der Waals surface area contributed by atoms with E-state index in [0.29, 0.717) is 0 Å². The van der Waals surface area contributed by atoms with Crippen LogP contribution in [-0.4, -0.2) is 11.2 Å². The van der Waals surface area contributed by atoms with E-state index in [-0.39, 0.29) is 6.10 Å². The summed E-state index contributed by atoms with van der Waals surface area (Å²) in [7, 11) is 0. The molecule has 1 N–H and O–H groups in total. The SMILES string of the molecule is CCC1CCCC(O)CCC1. The second-order valence-corrected chi connectivity index (χ2v) is 3.79. The Morgan fingerprint density at radius 1 is 1.09 bits per heavy atom. The Bertz CT molecular complexity index is 91.0. The molecule has 0 aromatic rings. The molecule has 0 heterocycles. The zero-order chi connectivity index (χ0) is 8.10. The van der Waals surface area contributed by atoms with E-state index in [0.717, 1.165) is 18.8 Å². The summed E-state index contributed by atoms with van der Waals surface area (Å²) in [4.78, 5) is 0. The Morgan fingerprint density at radius 2 is 1.64 bits per heavy atom. The largest absolute Gasteiger partial charge is 0.393 e. The zero-order valence-corrected chi connectivity index (χ0v) is 7.55. The molecule has 1 fully saturated rings. The molecular formula is C10H20O. The lowest BCUT2D eigenvalue weighted by molar-refractivity contribution is 0.133. The van der Waals surface area contributed by atoms with Gasteiger partial charge in [0.05, 0.1) is 6.10 Å². The van der Waals surface area contributed by atoms with E-state index in [1.54, 1.807) is 0 Å². The summed E-state index contributed by atoms with van der Waals surface area (Å²) >= 11 is 0. The summed E-state index contributed by atoms with van der Waals surface area (Å²) in [6.07, 6.45) is 8.57. The highest BCUT2D eigenvalue weighted by Crippen LogP contribution is 2.24. The molecule has 1 heteroatoms. The third-order valence-corrected chi connectivity index (χ3v) is 2.88. The number of rotatable bonds is 1. The Hall–Kier alpha value is -0.0400. The molecule has 0 bridgehead atoms. The molecule has 66 valence electrons. The van der Waals surface area contributed by atoms with E-state index >= 15 is 0 Å². The molecule has 1 rings (SSSR count). The average Bonchev–Trinajstić information content (AvgIpc) is 1.96. The molecule has 0 atom stereocenters. The van der Waals surface area contributed by atoms with Gasteiger partial charge in [0, 0.05) is 0 Å². The molecule has 0 saturated heterocycles. The van der Waals surface area contributed by atoms with E-state index in [9.17, 15) is 5.11 Å². The second-order valence-electron chi connectivity index (χ2n) is 3.79. The maximum atomic E-state index is 9.37. The fourth-order valence-corrected chi connectivity index (χ4v) is 1.98. The highest BCUT2D eigenvalue weighted by molar-refractivity contribution is 4.66. The van der Waals surface area contributed by atoms with Crippen LogP contribution in [0.2, 0.25) is 0 Å². The van der Waals surface area contributed by atoms with Gasteiger partial charge in [-0.2, -0.15) is 0 Å². The molecule has 1 nitrogen and oxygen atoms in total. The molecular weight excluding hydrogens is 136 g/mol. The van der Waals surface area contributed by atoms with Crippen LogP contribution in [0.4, 0.5) is 0 Å². The van der Waals surface area contributed by atoms with Crippen molar-refractivity contribution in [1.29, 1.82) is 0 Å². The standard InChI is InChI=1S/C10H20O/c1-2-9-5-3-7-10(11)8-4-6-9/h9-11H,2-8H2,1H3. The first-order chi connectivity index (χ1) is 5.33. The van der Waals surface area contributed by atoms with Gasteiger partial charge in [0.2, 0.25) is 0 Å². The molecule has 0 aromatic heterocycles. The number of aliphatic hydroxyl groups is 1. The fraction of sp³-hybridized carbons (Fsp3) is 1.00. The summed E-state index contributed by atoms with van der Waals surface area (Å²) in [5.74, 6) is 0.947. The molecule has 1 aliphatic rings. The molecule has 0 aromatic carbocycles. The fourth-order valence-electron chi connectivity index (χ4n) is 1.98. The highest BCUT2D eigenvalue weighted by Gasteiger charge is 2.13. The van der Waals surface area contributed by atoms with Crippen LogP contribution >= 0.6 is 0 Å². The van der Waals surface area contributed by atoms with Crippen LogP contribution in [0.3, 0.4) is 0 Å². The minimum atomic E-state index is 0.00723. The molecule has 1 aliphatic carbocycles. The average molecular weight is 156 g/mol. The third kappa shape index (κ3) is 3.24. The van der Waals surface area contributed by atoms with Crippen molar-refractivity contribution in [3.05, 3.63) is 0 Å². The van der Waals surface area contributed by atoms with E-state index in [1.165, 1.54) is 32.1 Å². The van der Waals surface area contributed by atoms with Crippen molar-refractivity contribution in [3.63, 3.8) is 0 Å². The van der Waals surface area contributed by atoms with Gasteiger partial charge in [-0.05, 0) is 18.8 Å². The van der Waals surface area contributed by atoms with Gasteiger partial charge in [-0.3, -0.25) is 0 Å². The Kier molecular flexibility index (Phi) is 3.92. The van der Waals surface area contributed by atoms with E-state index in [4.69, 9.17) is 0 Å². The van der Waals surface area contributed by atoms with Crippen molar-refractivity contribution in [2.75, 3.05) is 0 Å². The lowest BCUT2D eigenvalue weighted by Gasteiger charge is -2.20. The molecule has 0 unspecified atom stereocenters. The van der Waals surface area contributed by atoms with Crippen molar-refractivity contribution in [2.45, 2.75) is 58.0 Å². The van der Waals surface area contributed by atoms with Crippen LogP contribution in [0.15, 0.2) is 0 Å². The van der Waals surface area contributed by atoms with Gasteiger partial charge in [0.1, 0.15) is 0 Å². The smallest absolute Gasteiger partial charge is 0.0540 e. The first kappa shape index (κ1) is 9.05. The lowest BCUT2D eigenvalue weighted by atomic mass is 9.88. The summed E-state index contributed by atoms with van der Waals surface area (Å²) in [6, 6.07) is 0. The first-order valence-electron chi connectivity index (χ1n) is 5.01. The van der Waals surface area contributed by atoms with Crippen LogP contribution in [0.5, 0.6) is 0 Å². The van der Waals surface area contributed by atoms with Gasteiger partial charge in [-0.1, -0.05) is 39.0 Å². The van der Waals surface area contributed by atoms with Crippen LogP contribution in [0, 0.1) is 5.92 Å². The minimum absolute atomic E-state index is 0.00723. The monoisotopic (exact) mass is 156 g/mol. The molecule has 0 amide bonds. The molecule has 0 spiro atoms. The van der Waals surface area contributed by atoms with Crippen molar-refractivity contribution in [2.24, 2.45) is 5.92 Å². The predicted octanol–water partition coefficient (Wildman–Crippen LogP) is 2.73. The summed E-state index contributed by atoms with van der Waals surface area (Å²) in [5.41, 5.74) is 0. The van der Waals surface area contributed by atoms with Gasteiger partial charge in [0.25, 0.3) is 0 Å². The minimum Gasteiger partial charge on any atom is -0.393 e. The maximum absolute atomic E-state index is 9.37. The second kappa shape index (κ2) is 4.76. The quantitative estimate of drug-likeness (QED) is 0.619. The number of hydrogen-bond donors (Lipinski definition) is 1. The van der Waals surface area contributed by atoms with E-state index in [2.05, 4.69) is 6.92 Å². The van der Waals surface area contributed by atoms with Gasteiger partial charge in [-0.25, -0.2) is 0 Å². The number of hydrogen-bond acceptors (Lipinski definition) is 1. The van der Waals surface area contributed by atoms with Gasteiger partial charge in [0.15, 0.2) is 0 Å². The summed E-state index contributed by atoms with van der Waals surface area (Å²) in [5, 5.41) is 9.37. The summed E-state index contributed by atoms with van der Waals surface area (Å²) < 4.78 is 0. The molecule has 0 aliphatic heterocycles. The van der Waals surface area contributed by atoms with Crippen LogP contribution < -0.4 is 0 Å². The van der Waals surface area contributed by atoms with E-state index < -0.39 is 0 Å². The Balaban J connectivity index is 2.22.